The van der Waals surface area contributed by atoms with Crippen molar-refractivity contribution in [2.24, 2.45) is 0 Å². The van der Waals surface area contributed by atoms with Gasteiger partial charge in [-0.2, -0.15) is 26.3 Å². The van der Waals surface area contributed by atoms with Crippen LogP contribution in [0.4, 0.5) is 42.5 Å². The average molecular weight is 463 g/mol. The summed E-state index contributed by atoms with van der Waals surface area (Å²) < 4.78 is 78.0. The number of thioether (sulfide) groups is 1. The summed E-state index contributed by atoms with van der Waals surface area (Å²) in [5.41, 5.74) is -2.49. The predicted molar refractivity (Wildman–Crippen MR) is 107 cm³/mol. The second kappa shape index (κ2) is 8.89. The smallest absolute Gasteiger partial charge is 0.367 e. The van der Waals surface area contributed by atoms with Crippen LogP contribution in [0.25, 0.3) is 0 Å². The molecule has 1 aliphatic rings. The summed E-state index contributed by atoms with van der Waals surface area (Å²) in [5.74, 6) is 0. The second-order valence-corrected chi connectivity index (χ2v) is 7.72. The number of alkyl halides is 6. The Morgan fingerprint density at radius 3 is 1.97 bits per heavy atom. The highest BCUT2D eigenvalue weighted by atomic mass is 32.2. The van der Waals surface area contributed by atoms with Gasteiger partial charge in [0.15, 0.2) is 0 Å². The largest absolute Gasteiger partial charge is 0.416 e. The van der Waals surface area contributed by atoms with Crippen LogP contribution in [0.15, 0.2) is 47.4 Å². The van der Waals surface area contributed by atoms with E-state index in [9.17, 15) is 31.1 Å². The Balaban J connectivity index is 1.71. The fourth-order valence-corrected chi connectivity index (χ4v) is 3.89. The van der Waals surface area contributed by atoms with Gasteiger partial charge < -0.3 is 15.1 Å². The highest BCUT2D eigenvalue weighted by Crippen LogP contribution is 2.37. The van der Waals surface area contributed by atoms with E-state index >= 15 is 0 Å². The van der Waals surface area contributed by atoms with Gasteiger partial charge in [-0.15, -0.1) is 11.8 Å². The van der Waals surface area contributed by atoms with E-state index in [0.29, 0.717) is 25.2 Å². The first-order valence-corrected chi connectivity index (χ1v) is 10.4. The average Bonchev–Trinajstić information content (AvgIpc) is 2.72. The number of anilines is 2. The minimum absolute atomic E-state index is 0.0254. The zero-order valence-corrected chi connectivity index (χ0v) is 17.2. The van der Waals surface area contributed by atoms with Crippen LogP contribution >= 0.6 is 11.8 Å². The third-order valence-corrected chi connectivity index (χ3v) is 5.62. The predicted octanol–water partition coefficient (Wildman–Crippen LogP) is 5.80. The third-order valence-electron chi connectivity index (χ3n) is 4.83. The molecule has 1 fully saturated rings. The zero-order valence-electron chi connectivity index (χ0n) is 16.3. The van der Waals surface area contributed by atoms with Gasteiger partial charge in [-0.05, 0) is 36.6 Å². The molecule has 0 aromatic heterocycles. The monoisotopic (exact) mass is 463 g/mol. The van der Waals surface area contributed by atoms with Crippen molar-refractivity contribution in [1.29, 1.82) is 0 Å². The number of nitrogens with zero attached hydrogens (tertiary/aromatic N) is 2. The number of rotatable bonds is 3. The Hall–Kier alpha value is -2.56. The molecule has 2 aromatic rings. The Morgan fingerprint density at radius 2 is 1.45 bits per heavy atom. The molecule has 0 spiro atoms. The molecule has 2 amide bonds. The first-order chi connectivity index (χ1) is 14.5. The van der Waals surface area contributed by atoms with Crippen LogP contribution in [0.5, 0.6) is 0 Å². The normalized spacial score (nSPS) is 15.2. The summed E-state index contributed by atoms with van der Waals surface area (Å²) in [7, 11) is 0. The molecule has 0 atom stereocenters. The van der Waals surface area contributed by atoms with Crippen molar-refractivity contribution < 1.29 is 31.1 Å². The van der Waals surface area contributed by atoms with Crippen molar-refractivity contribution in [3.05, 3.63) is 53.6 Å². The van der Waals surface area contributed by atoms with Gasteiger partial charge in [0.05, 0.1) is 16.8 Å². The standard InChI is InChI=1S/C20H19F6N3OS/c1-31-17-5-3-2-4-16(17)28-6-8-29(9-7-28)18(30)27-15-11-13(19(21,22)23)10-14(12-15)20(24,25)26/h2-5,10-12H,6-9H2,1H3,(H,27,30). The first kappa shape index (κ1) is 23.1. The summed E-state index contributed by atoms with van der Waals surface area (Å²) in [6.45, 7) is 1.53. The molecule has 4 nitrogen and oxygen atoms in total. The molecule has 1 aliphatic heterocycles. The van der Waals surface area contributed by atoms with E-state index in [1.54, 1.807) is 11.8 Å². The number of piperazine rings is 1. The minimum atomic E-state index is -4.98. The quantitative estimate of drug-likeness (QED) is 0.462. The van der Waals surface area contributed by atoms with Crippen LogP contribution in [0.1, 0.15) is 11.1 Å². The third kappa shape index (κ3) is 5.57. The number of carbonyl (C=O) groups excluding carboxylic acids is 1. The maximum atomic E-state index is 13.0. The number of nitrogens with one attached hydrogen (secondary N) is 1. The zero-order chi connectivity index (χ0) is 22.8. The Morgan fingerprint density at radius 1 is 0.903 bits per heavy atom. The van der Waals surface area contributed by atoms with Crippen molar-refractivity contribution in [2.75, 3.05) is 42.7 Å². The molecule has 0 bridgehead atoms. The molecule has 11 heteroatoms. The van der Waals surface area contributed by atoms with E-state index in [0.717, 1.165) is 10.6 Å². The molecule has 1 heterocycles. The van der Waals surface area contributed by atoms with Gasteiger partial charge in [0, 0.05) is 36.8 Å². The van der Waals surface area contributed by atoms with Gasteiger partial charge in [0.1, 0.15) is 0 Å². The Kier molecular flexibility index (Phi) is 6.63. The maximum absolute atomic E-state index is 13.0. The van der Waals surface area contributed by atoms with Crippen LogP contribution in [0.3, 0.4) is 0 Å². The van der Waals surface area contributed by atoms with Crippen LogP contribution < -0.4 is 10.2 Å². The van der Waals surface area contributed by atoms with Gasteiger partial charge in [-0.1, -0.05) is 12.1 Å². The van der Waals surface area contributed by atoms with E-state index < -0.39 is 35.2 Å². The first-order valence-electron chi connectivity index (χ1n) is 9.22. The molecule has 0 aliphatic carbocycles. The number of hydrogen-bond acceptors (Lipinski definition) is 3. The van der Waals surface area contributed by atoms with Crippen LogP contribution in [0.2, 0.25) is 0 Å². The summed E-state index contributed by atoms with van der Waals surface area (Å²) in [4.78, 5) is 17.0. The number of benzene rings is 2. The molecule has 1 saturated heterocycles. The van der Waals surface area contributed by atoms with Crippen molar-refractivity contribution in [2.45, 2.75) is 17.2 Å². The molecule has 0 saturated carbocycles. The summed E-state index contributed by atoms with van der Waals surface area (Å²) in [5, 5.41) is 2.18. The van der Waals surface area contributed by atoms with Crippen molar-refractivity contribution in [1.82, 2.24) is 4.90 Å². The highest BCUT2D eigenvalue weighted by molar-refractivity contribution is 7.98. The molecule has 2 aromatic carbocycles. The topological polar surface area (TPSA) is 35.6 Å². The number of para-hydroxylation sites is 1. The number of urea groups is 1. The second-order valence-electron chi connectivity index (χ2n) is 6.87. The highest BCUT2D eigenvalue weighted by Gasteiger charge is 2.37. The minimum Gasteiger partial charge on any atom is -0.367 e. The molecule has 31 heavy (non-hydrogen) atoms. The van der Waals surface area contributed by atoms with Crippen LogP contribution in [-0.4, -0.2) is 43.4 Å². The maximum Gasteiger partial charge on any atom is 0.416 e. The lowest BCUT2D eigenvalue weighted by molar-refractivity contribution is -0.143. The van der Waals surface area contributed by atoms with Crippen LogP contribution in [0, 0.1) is 0 Å². The van der Waals surface area contributed by atoms with Gasteiger partial charge in [0.25, 0.3) is 0 Å². The molecule has 0 radical (unpaired) electrons. The molecular formula is C20H19F6N3OS. The van der Waals surface area contributed by atoms with Crippen LogP contribution in [-0.2, 0) is 12.4 Å². The number of carbonyl (C=O) groups is 1. The van der Waals surface area contributed by atoms with Crippen molar-refractivity contribution in [3.8, 4) is 0 Å². The van der Waals surface area contributed by atoms with E-state index in [4.69, 9.17) is 0 Å². The molecule has 1 N–H and O–H groups in total. The fourth-order valence-electron chi connectivity index (χ4n) is 3.27. The van der Waals surface area contributed by atoms with Crippen molar-refractivity contribution in [3.63, 3.8) is 0 Å². The van der Waals surface area contributed by atoms with E-state index in [1.165, 1.54) is 4.90 Å². The Labute approximate surface area is 179 Å². The summed E-state index contributed by atoms with van der Waals surface area (Å²) in [6.07, 6.45) is -8.00. The van der Waals surface area contributed by atoms with E-state index in [-0.39, 0.29) is 19.2 Å². The van der Waals surface area contributed by atoms with E-state index in [1.807, 2.05) is 30.5 Å². The summed E-state index contributed by atoms with van der Waals surface area (Å²) in [6, 6.07) is 8.04. The lowest BCUT2D eigenvalue weighted by Crippen LogP contribution is -2.50. The van der Waals surface area contributed by atoms with Crippen molar-refractivity contribution >= 4 is 29.2 Å². The Bertz CT molecular complexity index is 907. The molecular weight excluding hydrogens is 444 g/mol. The van der Waals surface area contributed by atoms with Gasteiger partial charge in [0.2, 0.25) is 0 Å². The van der Waals surface area contributed by atoms with E-state index in [2.05, 4.69) is 10.2 Å². The summed E-state index contributed by atoms with van der Waals surface area (Å²) >= 11 is 1.59. The molecule has 168 valence electrons. The molecule has 3 rings (SSSR count). The van der Waals surface area contributed by atoms with Gasteiger partial charge in [-0.25, -0.2) is 4.79 Å². The lowest BCUT2D eigenvalue weighted by atomic mass is 10.1. The lowest BCUT2D eigenvalue weighted by Gasteiger charge is -2.36. The van der Waals surface area contributed by atoms with Gasteiger partial charge in [-0.3, -0.25) is 0 Å². The van der Waals surface area contributed by atoms with Gasteiger partial charge >= 0.3 is 18.4 Å². The number of hydrogen-bond donors (Lipinski definition) is 1. The number of halogens is 6. The number of amides is 2. The fraction of sp³-hybridized carbons (Fsp3) is 0.350. The molecule has 0 unspecified atom stereocenters. The SMILES string of the molecule is CSc1ccccc1N1CCN(C(=O)Nc2cc(C(F)(F)F)cc(C(F)(F)F)c2)CC1.